The van der Waals surface area contributed by atoms with Crippen molar-refractivity contribution in [3.8, 4) is 0 Å². The van der Waals surface area contributed by atoms with Gasteiger partial charge in [0.1, 0.15) is 0 Å². The summed E-state index contributed by atoms with van der Waals surface area (Å²) in [5.41, 5.74) is 0.623. The van der Waals surface area contributed by atoms with Crippen molar-refractivity contribution in [3.05, 3.63) is 28.2 Å². The van der Waals surface area contributed by atoms with Crippen LogP contribution in [0, 0.1) is 5.92 Å². The highest BCUT2D eigenvalue weighted by molar-refractivity contribution is 6.35. The largest absolute Gasteiger partial charge is 0.354 e. The average molecular weight is 331 g/mol. The molecule has 0 aliphatic rings. The fraction of sp³-hybridized carbons (Fsp3) is 0.467. The van der Waals surface area contributed by atoms with Crippen LogP contribution in [0.1, 0.15) is 27.2 Å². The van der Waals surface area contributed by atoms with Gasteiger partial charge in [0.05, 0.1) is 0 Å². The van der Waals surface area contributed by atoms with Crippen LogP contribution in [-0.2, 0) is 9.59 Å². The molecule has 1 rings (SSSR count). The van der Waals surface area contributed by atoms with Gasteiger partial charge in [-0.3, -0.25) is 9.59 Å². The normalized spacial score (nSPS) is 10.6. The predicted octanol–water partition coefficient (Wildman–Crippen LogP) is 3.51. The Bertz CT molecular complexity index is 498. The SMILES string of the molecule is CC(=O)N(CCNC(=O)CC(C)C)c1cc(Cl)cc(Cl)c1. The second-order valence-electron chi connectivity index (χ2n) is 5.25. The third-order valence-corrected chi connectivity index (χ3v) is 3.23. The number of hydrogen-bond donors (Lipinski definition) is 1. The summed E-state index contributed by atoms with van der Waals surface area (Å²) >= 11 is 11.9. The molecule has 1 N–H and O–H groups in total. The van der Waals surface area contributed by atoms with Gasteiger partial charge >= 0.3 is 0 Å². The number of anilines is 1. The number of carbonyl (C=O) groups excluding carboxylic acids is 2. The molecule has 0 heterocycles. The molecule has 0 spiro atoms. The molecule has 6 heteroatoms. The summed E-state index contributed by atoms with van der Waals surface area (Å²) in [6, 6.07) is 4.95. The minimum atomic E-state index is -0.133. The highest BCUT2D eigenvalue weighted by Gasteiger charge is 2.13. The van der Waals surface area contributed by atoms with Gasteiger partial charge in [0.25, 0.3) is 0 Å². The van der Waals surface area contributed by atoms with Crippen molar-refractivity contribution >= 4 is 40.7 Å². The van der Waals surface area contributed by atoms with Gasteiger partial charge in [0.15, 0.2) is 0 Å². The number of hydrogen-bond acceptors (Lipinski definition) is 2. The molecule has 0 unspecified atom stereocenters. The monoisotopic (exact) mass is 330 g/mol. The van der Waals surface area contributed by atoms with Crippen LogP contribution in [0.3, 0.4) is 0 Å². The lowest BCUT2D eigenvalue weighted by atomic mass is 10.1. The van der Waals surface area contributed by atoms with Crippen molar-refractivity contribution in [1.29, 1.82) is 0 Å². The van der Waals surface area contributed by atoms with Crippen molar-refractivity contribution in [3.63, 3.8) is 0 Å². The van der Waals surface area contributed by atoms with Gasteiger partial charge < -0.3 is 10.2 Å². The second kappa shape index (κ2) is 8.25. The average Bonchev–Trinajstić information content (AvgIpc) is 2.31. The molecule has 0 saturated heterocycles. The van der Waals surface area contributed by atoms with E-state index in [2.05, 4.69) is 5.32 Å². The van der Waals surface area contributed by atoms with E-state index < -0.39 is 0 Å². The van der Waals surface area contributed by atoms with E-state index in [4.69, 9.17) is 23.2 Å². The fourth-order valence-electron chi connectivity index (χ4n) is 1.91. The first-order chi connectivity index (χ1) is 9.79. The van der Waals surface area contributed by atoms with Crippen LogP contribution in [-0.4, -0.2) is 24.9 Å². The Balaban J connectivity index is 2.66. The van der Waals surface area contributed by atoms with E-state index in [1.165, 1.54) is 11.8 Å². The maximum absolute atomic E-state index is 11.7. The zero-order valence-corrected chi connectivity index (χ0v) is 14.0. The third-order valence-electron chi connectivity index (χ3n) is 2.79. The molecule has 21 heavy (non-hydrogen) atoms. The summed E-state index contributed by atoms with van der Waals surface area (Å²) in [5, 5.41) is 3.73. The molecule has 0 atom stereocenters. The number of carbonyl (C=O) groups is 2. The van der Waals surface area contributed by atoms with Crippen molar-refractivity contribution in [2.75, 3.05) is 18.0 Å². The molecule has 0 bridgehead atoms. The summed E-state index contributed by atoms with van der Waals surface area (Å²) in [7, 11) is 0. The molecule has 4 nitrogen and oxygen atoms in total. The van der Waals surface area contributed by atoms with Gasteiger partial charge in [0, 0.05) is 42.2 Å². The maximum atomic E-state index is 11.7. The minimum Gasteiger partial charge on any atom is -0.354 e. The van der Waals surface area contributed by atoms with Crippen molar-refractivity contribution in [2.45, 2.75) is 27.2 Å². The first-order valence-electron chi connectivity index (χ1n) is 6.80. The first-order valence-corrected chi connectivity index (χ1v) is 7.56. The van der Waals surface area contributed by atoms with E-state index in [0.717, 1.165) is 0 Å². The van der Waals surface area contributed by atoms with E-state index in [0.29, 0.717) is 41.2 Å². The zero-order chi connectivity index (χ0) is 16.0. The Morgan fingerprint density at radius 2 is 1.76 bits per heavy atom. The molecule has 1 aromatic rings. The lowest BCUT2D eigenvalue weighted by Gasteiger charge is -2.22. The van der Waals surface area contributed by atoms with E-state index in [-0.39, 0.29) is 11.8 Å². The van der Waals surface area contributed by atoms with Crippen LogP contribution in [0.25, 0.3) is 0 Å². The first kappa shape index (κ1) is 17.8. The lowest BCUT2D eigenvalue weighted by molar-refractivity contribution is -0.122. The van der Waals surface area contributed by atoms with Gasteiger partial charge in [-0.1, -0.05) is 37.0 Å². The topological polar surface area (TPSA) is 49.4 Å². The standard InChI is InChI=1S/C15H20Cl2N2O2/c1-10(2)6-15(21)18-4-5-19(11(3)20)14-8-12(16)7-13(17)9-14/h7-10H,4-6H2,1-3H3,(H,18,21). The number of halogens is 2. The van der Waals surface area contributed by atoms with Crippen LogP contribution in [0.5, 0.6) is 0 Å². The predicted molar refractivity (Wildman–Crippen MR) is 87.0 cm³/mol. The van der Waals surface area contributed by atoms with E-state index in [1.807, 2.05) is 13.8 Å². The smallest absolute Gasteiger partial charge is 0.223 e. The Hall–Kier alpha value is -1.26. The molecule has 0 radical (unpaired) electrons. The Morgan fingerprint density at radius 3 is 2.24 bits per heavy atom. The van der Waals surface area contributed by atoms with Crippen molar-refractivity contribution < 1.29 is 9.59 Å². The Labute approximate surface area is 135 Å². The number of rotatable bonds is 6. The highest BCUT2D eigenvalue weighted by atomic mass is 35.5. The van der Waals surface area contributed by atoms with Crippen molar-refractivity contribution in [1.82, 2.24) is 5.32 Å². The van der Waals surface area contributed by atoms with Crippen LogP contribution < -0.4 is 10.2 Å². The second-order valence-corrected chi connectivity index (χ2v) is 6.12. The molecule has 0 fully saturated rings. The highest BCUT2D eigenvalue weighted by Crippen LogP contribution is 2.25. The van der Waals surface area contributed by atoms with Gasteiger partial charge in [-0.05, 0) is 24.1 Å². The molecule has 2 amide bonds. The quantitative estimate of drug-likeness (QED) is 0.867. The summed E-state index contributed by atoms with van der Waals surface area (Å²) in [4.78, 5) is 24.9. The van der Waals surface area contributed by atoms with E-state index >= 15 is 0 Å². The molecule has 0 saturated carbocycles. The summed E-state index contributed by atoms with van der Waals surface area (Å²) in [6.45, 7) is 6.18. The Kier molecular flexibility index (Phi) is 6.99. The van der Waals surface area contributed by atoms with Crippen molar-refractivity contribution in [2.24, 2.45) is 5.92 Å². The minimum absolute atomic E-state index is 0.0161. The molecule has 116 valence electrons. The molecular formula is C15H20Cl2N2O2. The molecular weight excluding hydrogens is 311 g/mol. The number of nitrogens with one attached hydrogen (secondary N) is 1. The Morgan fingerprint density at radius 1 is 1.19 bits per heavy atom. The van der Waals surface area contributed by atoms with Crippen LogP contribution in [0.2, 0.25) is 10.0 Å². The van der Waals surface area contributed by atoms with Crippen LogP contribution in [0.4, 0.5) is 5.69 Å². The summed E-state index contributed by atoms with van der Waals surface area (Å²) in [5.74, 6) is 0.157. The lowest BCUT2D eigenvalue weighted by Crippen LogP contribution is -2.37. The number of amides is 2. The summed E-state index contributed by atoms with van der Waals surface area (Å²) in [6.07, 6.45) is 0.475. The van der Waals surface area contributed by atoms with E-state index in [1.54, 1.807) is 18.2 Å². The zero-order valence-electron chi connectivity index (χ0n) is 12.5. The molecule has 0 aliphatic heterocycles. The maximum Gasteiger partial charge on any atom is 0.223 e. The van der Waals surface area contributed by atoms with Crippen LogP contribution >= 0.6 is 23.2 Å². The van der Waals surface area contributed by atoms with Gasteiger partial charge in [0.2, 0.25) is 11.8 Å². The molecule has 0 aliphatic carbocycles. The number of benzene rings is 1. The number of nitrogens with zero attached hydrogens (tertiary/aromatic N) is 1. The fourth-order valence-corrected chi connectivity index (χ4v) is 2.43. The molecule has 0 aromatic heterocycles. The summed E-state index contributed by atoms with van der Waals surface area (Å²) < 4.78 is 0. The van der Waals surface area contributed by atoms with Crippen LogP contribution in [0.15, 0.2) is 18.2 Å². The molecule has 1 aromatic carbocycles. The third kappa shape index (κ3) is 6.36. The van der Waals surface area contributed by atoms with Gasteiger partial charge in [-0.2, -0.15) is 0 Å². The van der Waals surface area contributed by atoms with Gasteiger partial charge in [-0.15, -0.1) is 0 Å². The van der Waals surface area contributed by atoms with Gasteiger partial charge in [-0.25, -0.2) is 0 Å². The van der Waals surface area contributed by atoms with E-state index in [9.17, 15) is 9.59 Å².